The number of hydrogen-bond acceptors (Lipinski definition) is 5. The molecular weight excluding hydrogens is 442 g/mol. The fourth-order valence-electron chi connectivity index (χ4n) is 3.83. The lowest BCUT2D eigenvalue weighted by Gasteiger charge is -2.27. The van der Waals surface area contributed by atoms with E-state index in [1.54, 1.807) is 29.2 Å². The monoisotopic (exact) mass is 473 g/mol. The molecule has 0 aliphatic carbocycles. The van der Waals surface area contributed by atoms with Gasteiger partial charge in [-0.25, -0.2) is 8.42 Å². The van der Waals surface area contributed by atoms with Crippen molar-refractivity contribution in [2.45, 2.75) is 26.7 Å². The van der Waals surface area contributed by atoms with Crippen LogP contribution in [-0.2, 0) is 32.4 Å². The van der Waals surface area contributed by atoms with Gasteiger partial charge in [-0.2, -0.15) is 0 Å². The molecule has 1 aliphatic rings. The summed E-state index contributed by atoms with van der Waals surface area (Å²) >= 11 is 0. The number of carbonyl (C=O) groups excluding carboxylic acids is 2. The average molecular weight is 474 g/mol. The number of para-hydroxylation sites is 1. The van der Waals surface area contributed by atoms with E-state index >= 15 is 0 Å². The molecule has 0 atom stereocenters. The van der Waals surface area contributed by atoms with Crippen LogP contribution in [0.25, 0.3) is 0 Å². The molecule has 1 aliphatic heterocycles. The number of anilines is 2. The second kappa shape index (κ2) is 10.8. The Balaban J connectivity index is 1.78. The average Bonchev–Trinajstić information content (AvgIpc) is 2.82. The van der Waals surface area contributed by atoms with Crippen LogP contribution in [-0.4, -0.2) is 64.2 Å². The number of aryl methyl sites for hydroxylation is 2. The van der Waals surface area contributed by atoms with Crippen molar-refractivity contribution in [3.63, 3.8) is 0 Å². The van der Waals surface area contributed by atoms with E-state index in [9.17, 15) is 18.0 Å². The molecule has 0 saturated carbocycles. The molecule has 0 aromatic heterocycles. The minimum Gasteiger partial charge on any atom is -0.378 e. The van der Waals surface area contributed by atoms with Gasteiger partial charge >= 0.3 is 0 Å². The molecule has 2 aromatic carbocycles. The molecule has 1 heterocycles. The van der Waals surface area contributed by atoms with Crippen molar-refractivity contribution in [2.24, 2.45) is 0 Å². The fourth-order valence-corrected chi connectivity index (χ4v) is 4.69. The van der Waals surface area contributed by atoms with Crippen molar-refractivity contribution in [2.75, 3.05) is 48.7 Å². The summed E-state index contributed by atoms with van der Waals surface area (Å²) in [6.07, 6.45) is 2.56. The quantitative estimate of drug-likeness (QED) is 0.636. The molecular formula is C24H31N3O5S. The summed E-state index contributed by atoms with van der Waals surface area (Å²) in [5.74, 6) is -0.554. The highest BCUT2D eigenvalue weighted by Crippen LogP contribution is 2.24. The van der Waals surface area contributed by atoms with Gasteiger partial charge < -0.3 is 15.0 Å². The molecule has 2 aromatic rings. The molecule has 0 radical (unpaired) electrons. The van der Waals surface area contributed by atoms with Gasteiger partial charge in [0.25, 0.3) is 5.91 Å². The zero-order valence-corrected chi connectivity index (χ0v) is 20.2. The SMILES string of the molecule is CCc1cccc(CC)c1NC(=O)CN(c1ccc(C(=O)N2CCOCC2)cc1)S(C)(=O)=O. The van der Waals surface area contributed by atoms with E-state index in [1.165, 1.54) is 0 Å². The number of nitrogens with one attached hydrogen (secondary N) is 1. The molecule has 0 bridgehead atoms. The standard InChI is InChI=1S/C24H31N3O5S/c1-4-18-7-6-8-19(5-2)23(18)25-22(28)17-27(33(3,30)31)21-11-9-20(10-12-21)24(29)26-13-15-32-16-14-26/h6-12H,4-5,13-17H2,1-3H3,(H,25,28). The number of ether oxygens (including phenoxy) is 1. The van der Waals surface area contributed by atoms with Gasteiger partial charge in [-0.3, -0.25) is 13.9 Å². The molecule has 1 N–H and O–H groups in total. The number of hydrogen-bond donors (Lipinski definition) is 1. The number of nitrogens with zero attached hydrogens (tertiary/aromatic N) is 2. The van der Waals surface area contributed by atoms with Crippen LogP contribution in [0.4, 0.5) is 11.4 Å². The van der Waals surface area contributed by atoms with E-state index in [4.69, 9.17) is 4.74 Å². The van der Waals surface area contributed by atoms with E-state index in [2.05, 4.69) is 5.32 Å². The highest BCUT2D eigenvalue weighted by molar-refractivity contribution is 7.92. The summed E-state index contributed by atoms with van der Waals surface area (Å²) in [5, 5.41) is 2.91. The highest BCUT2D eigenvalue weighted by Gasteiger charge is 2.23. The molecule has 0 spiro atoms. The second-order valence-corrected chi connectivity index (χ2v) is 9.83. The Kier molecular flexibility index (Phi) is 8.10. The number of morpholine rings is 1. The summed E-state index contributed by atoms with van der Waals surface area (Å²) < 4.78 is 31.3. The second-order valence-electron chi connectivity index (χ2n) is 7.93. The van der Waals surface area contributed by atoms with E-state index in [0.717, 1.165) is 40.2 Å². The van der Waals surface area contributed by atoms with Crippen LogP contribution in [0.5, 0.6) is 0 Å². The van der Waals surface area contributed by atoms with Crippen molar-refractivity contribution >= 4 is 33.2 Å². The summed E-state index contributed by atoms with van der Waals surface area (Å²) in [6, 6.07) is 12.1. The summed E-state index contributed by atoms with van der Waals surface area (Å²) in [4.78, 5) is 27.2. The number of sulfonamides is 1. The Hall–Kier alpha value is -2.91. The summed E-state index contributed by atoms with van der Waals surface area (Å²) in [6.45, 7) is 5.70. The van der Waals surface area contributed by atoms with Gasteiger partial charge in [0.1, 0.15) is 6.54 Å². The van der Waals surface area contributed by atoms with Crippen LogP contribution < -0.4 is 9.62 Å². The van der Waals surface area contributed by atoms with Crippen LogP contribution in [0.2, 0.25) is 0 Å². The van der Waals surface area contributed by atoms with E-state index in [1.807, 2.05) is 32.0 Å². The lowest BCUT2D eigenvalue weighted by molar-refractivity contribution is -0.114. The van der Waals surface area contributed by atoms with E-state index in [0.29, 0.717) is 37.6 Å². The predicted molar refractivity (Wildman–Crippen MR) is 129 cm³/mol. The molecule has 9 heteroatoms. The van der Waals surface area contributed by atoms with Crippen molar-refractivity contribution < 1.29 is 22.7 Å². The maximum absolute atomic E-state index is 12.9. The van der Waals surface area contributed by atoms with Gasteiger partial charge in [-0.05, 0) is 48.2 Å². The third-order valence-corrected chi connectivity index (χ3v) is 6.79. The molecule has 8 nitrogen and oxygen atoms in total. The highest BCUT2D eigenvalue weighted by atomic mass is 32.2. The van der Waals surface area contributed by atoms with Crippen molar-refractivity contribution in [3.8, 4) is 0 Å². The lowest BCUT2D eigenvalue weighted by Crippen LogP contribution is -2.40. The zero-order chi connectivity index (χ0) is 24.0. The van der Waals surface area contributed by atoms with Crippen LogP contribution in [0.15, 0.2) is 42.5 Å². The van der Waals surface area contributed by atoms with Gasteiger partial charge in [-0.15, -0.1) is 0 Å². The number of rotatable bonds is 8. The summed E-state index contributed by atoms with van der Waals surface area (Å²) in [5.41, 5.74) is 3.53. The fraction of sp³-hybridized carbons (Fsp3) is 0.417. The van der Waals surface area contributed by atoms with Gasteiger partial charge in [0.2, 0.25) is 15.9 Å². The molecule has 1 fully saturated rings. The van der Waals surface area contributed by atoms with Gasteiger partial charge in [0, 0.05) is 24.3 Å². The van der Waals surface area contributed by atoms with Gasteiger partial charge in [0.15, 0.2) is 0 Å². The van der Waals surface area contributed by atoms with Crippen molar-refractivity contribution in [1.29, 1.82) is 0 Å². The molecule has 0 unspecified atom stereocenters. The maximum atomic E-state index is 12.9. The smallest absolute Gasteiger partial charge is 0.254 e. The summed E-state index contributed by atoms with van der Waals surface area (Å²) in [7, 11) is -3.73. The third-order valence-electron chi connectivity index (χ3n) is 5.65. The molecule has 33 heavy (non-hydrogen) atoms. The van der Waals surface area contributed by atoms with E-state index in [-0.39, 0.29) is 12.5 Å². The van der Waals surface area contributed by atoms with Crippen LogP contribution in [0.1, 0.15) is 35.3 Å². The first kappa shape index (κ1) is 24.7. The Morgan fingerprint density at radius 1 is 1.00 bits per heavy atom. The Labute approximate surface area is 195 Å². The molecule has 1 saturated heterocycles. The van der Waals surface area contributed by atoms with Crippen LogP contribution >= 0.6 is 0 Å². The van der Waals surface area contributed by atoms with Crippen molar-refractivity contribution in [1.82, 2.24) is 4.90 Å². The predicted octanol–water partition coefficient (Wildman–Crippen LogP) is 2.69. The minimum atomic E-state index is -3.73. The Morgan fingerprint density at radius 3 is 2.09 bits per heavy atom. The Bertz CT molecular complexity index is 1070. The topological polar surface area (TPSA) is 96.0 Å². The maximum Gasteiger partial charge on any atom is 0.254 e. The van der Waals surface area contributed by atoms with E-state index < -0.39 is 15.9 Å². The first-order valence-corrected chi connectivity index (χ1v) is 12.9. The largest absolute Gasteiger partial charge is 0.378 e. The number of carbonyl (C=O) groups is 2. The number of benzene rings is 2. The first-order chi connectivity index (χ1) is 15.7. The zero-order valence-electron chi connectivity index (χ0n) is 19.3. The molecule has 178 valence electrons. The normalized spacial score (nSPS) is 14.1. The lowest BCUT2D eigenvalue weighted by atomic mass is 10.0. The minimum absolute atomic E-state index is 0.128. The molecule has 3 rings (SSSR count). The van der Waals surface area contributed by atoms with Crippen molar-refractivity contribution in [3.05, 3.63) is 59.2 Å². The first-order valence-electron chi connectivity index (χ1n) is 11.1. The van der Waals surface area contributed by atoms with Crippen LogP contribution in [0.3, 0.4) is 0 Å². The molecule has 2 amide bonds. The third kappa shape index (κ3) is 6.11. The van der Waals surface area contributed by atoms with Gasteiger partial charge in [-0.1, -0.05) is 32.0 Å². The number of amides is 2. The van der Waals surface area contributed by atoms with Crippen LogP contribution in [0, 0.1) is 0 Å². The van der Waals surface area contributed by atoms with Gasteiger partial charge in [0.05, 0.1) is 25.2 Å². The Morgan fingerprint density at radius 2 is 1.58 bits per heavy atom.